The molecule has 1 atom stereocenters. The van der Waals surface area contributed by atoms with Gasteiger partial charge in [-0.25, -0.2) is 0 Å². The fourth-order valence-corrected chi connectivity index (χ4v) is 1.77. The summed E-state index contributed by atoms with van der Waals surface area (Å²) in [7, 11) is 0. The molecule has 0 aliphatic rings. The Balaban J connectivity index is 2.39. The average Bonchev–Trinajstić information content (AvgIpc) is 2.25. The van der Waals surface area contributed by atoms with Gasteiger partial charge in [-0.2, -0.15) is 0 Å². The van der Waals surface area contributed by atoms with Gasteiger partial charge in [-0.1, -0.05) is 23.8 Å². The maximum Gasteiger partial charge on any atom is 0.133 e. The van der Waals surface area contributed by atoms with Crippen molar-refractivity contribution in [2.24, 2.45) is 4.40 Å². The third kappa shape index (κ3) is 4.39. The van der Waals surface area contributed by atoms with Crippen molar-refractivity contribution in [3.63, 3.8) is 0 Å². The van der Waals surface area contributed by atoms with Crippen molar-refractivity contribution in [1.29, 1.82) is 0 Å². The number of hydrogen-bond acceptors (Lipinski definition) is 3. The Labute approximate surface area is 87.6 Å². The Morgan fingerprint density at radius 3 is 3.14 bits per heavy atom. The third-order valence-electron chi connectivity index (χ3n) is 1.68. The molecule has 76 valence electrons. The summed E-state index contributed by atoms with van der Waals surface area (Å²) in [6, 6.07) is 3.71. The van der Waals surface area contributed by atoms with E-state index in [0.717, 1.165) is 18.4 Å². The highest BCUT2D eigenvalue weighted by atomic mass is 32.2. The van der Waals surface area contributed by atoms with Crippen LogP contribution < -0.4 is 0 Å². The predicted octanol–water partition coefficient (Wildman–Crippen LogP) is 1.96. The van der Waals surface area contributed by atoms with Crippen molar-refractivity contribution in [2.45, 2.75) is 19.8 Å². The van der Waals surface area contributed by atoms with Crippen LogP contribution in [0.1, 0.15) is 25.3 Å². The van der Waals surface area contributed by atoms with E-state index in [2.05, 4.69) is 16.3 Å². The molecular weight excluding hydrogens is 196 g/mol. The quantitative estimate of drug-likeness (QED) is 0.551. The summed E-state index contributed by atoms with van der Waals surface area (Å²) in [5.41, 5.74) is 0.886. The first-order chi connectivity index (χ1) is 6.83. The average molecular weight is 210 g/mol. The van der Waals surface area contributed by atoms with E-state index in [4.69, 9.17) is 0 Å². The number of unbranched alkanes of at least 4 members (excludes halogenated alkanes) is 1. The van der Waals surface area contributed by atoms with Crippen LogP contribution in [0, 0.1) is 0 Å². The molecule has 0 aromatic carbocycles. The summed E-state index contributed by atoms with van der Waals surface area (Å²) in [6.45, 7) is 2.07. The molecule has 0 aliphatic carbocycles. The molecule has 0 spiro atoms. The van der Waals surface area contributed by atoms with Crippen LogP contribution in [-0.2, 0) is 11.4 Å². The minimum absolute atomic E-state index is 0.646. The van der Waals surface area contributed by atoms with E-state index in [1.807, 2.05) is 12.1 Å². The first-order valence-electron chi connectivity index (χ1n) is 4.65. The Kier molecular flexibility index (Phi) is 5.25. The molecule has 0 saturated heterocycles. The second-order valence-electron chi connectivity index (χ2n) is 2.90. The van der Waals surface area contributed by atoms with Crippen LogP contribution in [0.15, 0.2) is 28.9 Å². The number of pyridine rings is 1. The summed E-state index contributed by atoms with van der Waals surface area (Å²) >= 11 is -1.08. The van der Waals surface area contributed by atoms with Crippen molar-refractivity contribution >= 4 is 17.6 Å². The fraction of sp³-hybridized carbons (Fsp3) is 0.400. The van der Waals surface area contributed by atoms with Gasteiger partial charge in [-0.15, -0.1) is 0 Å². The van der Waals surface area contributed by atoms with Gasteiger partial charge in [0.1, 0.15) is 5.75 Å². The van der Waals surface area contributed by atoms with Crippen LogP contribution in [0.2, 0.25) is 0 Å². The molecule has 0 unspecified atom stereocenters. The van der Waals surface area contributed by atoms with E-state index in [9.17, 15) is 4.55 Å². The van der Waals surface area contributed by atoms with Gasteiger partial charge in [-0.3, -0.25) is 4.98 Å². The smallest absolute Gasteiger partial charge is 0.133 e. The van der Waals surface area contributed by atoms with Crippen molar-refractivity contribution in [3.05, 3.63) is 30.1 Å². The first-order valence-corrected chi connectivity index (χ1v) is 5.93. The Morgan fingerprint density at radius 1 is 1.64 bits per heavy atom. The summed E-state index contributed by atoms with van der Waals surface area (Å²) < 4.78 is 15.2. The van der Waals surface area contributed by atoms with Crippen molar-refractivity contribution in [1.82, 2.24) is 4.98 Å². The Hall–Kier alpha value is -0.870. The van der Waals surface area contributed by atoms with Gasteiger partial charge in [0.25, 0.3) is 0 Å². The number of aromatic nitrogens is 1. The van der Waals surface area contributed by atoms with E-state index in [-0.39, 0.29) is 0 Å². The molecule has 0 fully saturated rings. The number of hydrogen-bond donors (Lipinski definition) is 0. The molecule has 1 aromatic rings. The van der Waals surface area contributed by atoms with E-state index in [1.165, 1.54) is 0 Å². The van der Waals surface area contributed by atoms with Gasteiger partial charge in [-0.05, 0) is 12.5 Å². The van der Waals surface area contributed by atoms with Crippen molar-refractivity contribution in [3.8, 4) is 0 Å². The molecule has 3 nitrogen and oxygen atoms in total. The van der Waals surface area contributed by atoms with Crippen LogP contribution in [0.5, 0.6) is 0 Å². The molecule has 4 heteroatoms. The SMILES string of the molecule is CCCC[S@@+]([O-])/N=C/c1cccnc1. The van der Waals surface area contributed by atoms with E-state index in [0.29, 0.717) is 5.75 Å². The highest BCUT2D eigenvalue weighted by molar-refractivity contribution is 7.90. The zero-order valence-electron chi connectivity index (χ0n) is 8.22. The predicted molar refractivity (Wildman–Crippen MR) is 59.7 cm³/mol. The van der Waals surface area contributed by atoms with E-state index in [1.54, 1.807) is 18.6 Å². The van der Waals surface area contributed by atoms with E-state index < -0.39 is 11.4 Å². The molecule has 1 rings (SSSR count). The van der Waals surface area contributed by atoms with Gasteiger partial charge in [0.2, 0.25) is 0 Å². The van der Waals surface area contributed by atoms with Crippen molar-refractivity contribution < 1.29 is 4.55 Å². The van der Waals surface area contributed by atoms with Gasteiger partial charge in [0, 0.05) is 18.0 Å². The molecule has 0 amide bonds. The summed E-state index contributed by atoms with van der Waals surface area (Å²) in [5.74, 6) is 0.646. The second-order valence-corrected chi connectivity index (χ2v) is 4.16. The molecule has 14 heavy (non-hydrogen) atoms. The summed E-state index contributed by atoms with van der Waals surface area (Å²) in [4.78, 5) is 3.93. The first kappa shape index (κ1) is 11.2. The zero-order chi connectivity index (χ0) is 10.2. The topological polar surface area (TPSA) is 48.3 Å². The maximum atomic E-state index is 11.3. The van der Waals surface area contributed by atoms with Crippen molar-refractivity contribution in [2.75, 3.05) is 5.75 Å². The highest BCUT2D eigenvalue weighted by Crippen LogP contribution is 1.99. The molecule has 0 N–H and O–H groups in total. The molecule has 0 saturated carbocycles. The molecule has 0 bridgehead atoms. The van der Waals surface area contributed by atoms with Gasteiger partial charge >= 0.3 is 0 Å². The van der Waals surface area contributed by atoms with Crippen LogP contribution in [0.4, 0.5) is 0 Å². The minimum atomic E-state index is -1.08. The fourth-order valence-electron chi connectivity index (χ4n) is 0.892. The van der Waals surface area contributed by atoms with E-state index >= 15 is 0 Å². The summed E-state index contributed by atoms with van der Waals surface area (Å²) in [5, 5.41) is 0. The van der Waals surface area contributed by atoms with Gasteiger partial charge in [0.15, 0.2) is 0 Å². The highest BCUT2D eigenvalue weighted by Gasteiger charge is 2.00. The van der Waals surface area contributed by atoms with Crippen LogP contribution >= 0.6 is 0 Å². The Morgan fingerprint density at radius 2 is 2.50 bits per heavy atom. The second kappa shape index (κ2) is 6.56. The standard InChI is InChI=1S/C10H14N2OS/c1-2-3-7-14(13)12-9-10-5-4-6-11-8-10/h4-6,8-9H,2-3,7H2,1H3/b12-9+/t14-/m1/s1. The van der Waals surface area contributed by atoms with Crippen LogP contribution in [0.25, 0.3) is 0 Å². The lowest BCUT2D eigenvalue weighted by atomic mass is 10.3. The minimum Gasteiger partial charge on any atom is -0.591 e. The number of rotatable bonds is 5. The normalized spacial score (nSPS) is 13.3. The number of nitrogens with zero attached hydrogens (tertiary/aromatic N) is 2. The zero-order valence-corrected chi connectivity index (χ0v) is 9.04. The maximum absolute atomic E-state index is 11.3. The third-order valence-corrected chi connectivity index (χ3v) is 2.65. The Bertz CT molecular complexity index is 277. The molecule has 0 radical (unpaired) electrons. The summed E-state index contributed by atoms with van der Waals surface area (Å²) in [6.07, 6.45) is 7.01. The lowest BCUT2D eigenvalue weighted by Gasteiger charge is -2.00. The van der Waals surface area contributed by atoms with Crippen LogP contribution in [-0.4, -0.2) is 21.5 Å². The molecule has 0 aliphatic heterocycles. The van der Waals surface area contributed by atoms with Crippen LogP contribution in [0.3, 0.4) is 0 Å². The van der Waals surface area contributed by atoms with Gasteiger partial charge in [0.05, 0.1) is 17.6 Å². The molecule has 1 aromatic heterocycles. The molecular formula is C10H14N2OS. The van der Waals surface area contributed by atoms with Gasteiger partial charge < -0.3 is 4.55 Å². The lowest BCUT2D eigenvalue weighted by Crippen LogP contribution is -2.02. The largest absolute Gasteiger partial charge is 0.591 e. The monoisotopic (exact) mass is 210 g/mol. The molecule has 1 heterocycles. The lowest BCUT2D eigenvalue weighted by molar-refractivity contribution is 0.594.